The Morgan fingerprint density at radius 3 is 2.30 bits per heavy atom. The number of hydrogen-bond donors (Lipinski definition) is 2. The summed E-state index contributed by atoms with van der Waals surface area (Å²) in [5, 5.41) is 6.77. The third-order valence-corrected chi connectivity index (χ3v) is 6.27. The van der Waals surface area contributed by atoms with E-state index in [4.69, 9.17) is 14.5 Å². The van der Waals surface area contributed by atoms with Crippen molar-refractivity contribution < 1.29 is 9.47 Å². The summed E-state index contributed by atoms with van der Waals surface area (Å²) in [7, 11) is 1.66. The van der Waals surface area contributed by atoms with Crippen LogP contribution in [0.5, 0.6) is 11.5 Å². The second-order valence-electron chi connectivity index (χ2n) is 8.62. The Labute approximate surface area is 219 Å². The highest BCUT2D eigenvalue weighted by Crippen LogP contribution is 2.34. The number of hydrogen-bond acceptors (Lipinski definition) is 7. The molecule has 0 fully saturated rings. The van der Waals surface area contributed by atoms with E-state index in [0.29, 0.717) is 18.4 Å². The summed E-state index contributed by atoms with van der Waals surface area (Å²) in [6.45, 7) is 10.0. The number of rotatable bonds is 12. The molecule has 4 rings (SSSR count). The van der Waals surface area contributed by atoms with Gasteiger partial charge in [0.1, 0.15) is 23.9 Å². The summed E-state index contributed by atoms with van der Waals surface area (Å²) in [6.07, 6.45) is 1.85. The van der Waals surface area contributed by atoms with Gasteiger partial charge in [0, 0.05) is 24.0 Å². The predicted octanol–water partition coefficient (Wildman–Crippen LogP) is 6.67. The molecule has 0 aliphatic rings. The number of anilines is 4. The highest BCUT2D eigenvalue weighted by atomic mass is 16.5. The van der Waals surface area contributed by atoms with Crippen LogP contribution >= 0.6 is 0 Å². The Morgan fingerprint density at radius 2 is 1.57 bits per heavy atom. The summed E-state index contributed by atoms with van der Waals surface area (Å²) in [5.41, 5.74) is 4.83. The van der Waals surface area contributed by atoms with Gasteiger partial charge < -0.3 is 25.0 Å². The molecule has 1 heterocycles. The summed E-state index contributed by atoms with van der Waals surface area (Å²) < 4.78 is 11.4. The maximum absolute atomic E-state index is 5.91. The first-order valence-corrected chi connectivity index (χ1v) is 12.7. The number of para-hydroxylation sites is 2. The lowest BCUT2D eigenvalue weighted by Gasteiger charge is -2.18. The average molecular weight is 498 g/mol. The Hall–Kier alpha value is -4.10. The molecular weight excluding hydrogens is 462 g/mol. The zero-order chi connectivity index (χ0) is 26.0. The fourth-order valence-electron chi connectivity index (χ4n) is 4.08. The largest absolute Gasteiger partial charge is 0.495 e. The maximum atomic E-state index is 5.91. The lowest BCUT2D eigenvalue weighted by Crippen LogP contribution is -2.27. The smallest absolute Gasteiger partial charge is 0.229 e. The first-order chi connectivity index (χ1) is 18.1. The van der Waals surface area contributed by atoms with E-state index in [2.05, 4.69) is 53.4 Å². The Balaban J connectivity index is 1.55. The monoisotopic (exact) mass is 497 g/mol. The molecule has 7 heteroatoms. The number of methoxy groups -OCH3 is 1. The number of likely N-dealkylation sites (N-methyl/N-ethyl adjacent to an activating group) is 1. The summed E-state index contributed by atoms with van der Waals surface area (Å²) >= 11 is 0. The van der Waals surface area contributed by atoms with Crippen LogP contribution in [-0.2, 0) is 0 Å². The molecule has 2 N–H and O–H groups in total. The van der Waals surface area contributed by atoms with Crippen molar-refractivity contribution in [3.63, 3.8) is 0 Å². The van der Waals surface area contributed by atoms with Gasteiger partial charge in [-0.2, -0.15) is 4.98 Å². The molecule has 0 bridgehead atoms. The van der Waals surface area contributed by atoms with E-state index in [-0.39, 0.29) is 0 Å². The van der Waals surface area contributed by atoms with E-state index in [9.17, 15) is 0 Å². The van der Waals surface area contributed by atoms with Gasteiger partial charge in [-0.05, 0) is 67.5 Å². The number of aryl methyl sites for hydroxylation is 1. The van der Waals surface area contributed by atoms with Crippen molar-refractivity contribution in [1.29, 1.82) is 0 Å². The van der Waals surface area contributed by atoms with Crippen LogP contribution in [-0.4, -0.2) is 48.2 Å². The van der Waals surface area contributed by atoms with Crippen molar-refractivity contribution in [3.8, 4) is 22.6 Å². The Bertz CT molecular complexity index is 1290. The third-order valence-electron chi connectivity index (χ3n) is 6.27. The molecule has 0 saturated heterocycles. The molecule has 0 spiro atoms. The van der Waals surface area contributed by atoms with Crippen molar-refractivity contribution in [1.82, 2.24) is 14.9 Å². The van der Waals surface area contributed by atoms with Crippen LogP contribution in [0, 0.1) is 6.92 Å². The van der Waals surface area contributed by atoms with Crippen LogP contribution in [0.3, 0.4) is 0 Å². The van der Waals surface area contributed by atoms with Gasteiger partial charge in [0.05, 0.1) is 12.8 Å². The van der Waals surface area contributed by atoms with E-state index < -0.39 is 0 Å². The zero-order valence-corrected chi connectivity index (χ0v) is 22.0. The summed E-state index contributed by atoms with van der Waals surface area (Å²) in [5.74, 6) is 2.76. The van der Waals surface area contributed by atoms with Crippen molar-refractivity contribution in [2.75, 3.05) is 44.0 Å². The van der Waals surface area contributed by atoms with Gasteiger partial charge in [-0.3, -0.25) is 0 Å². The lowest BCUT2D eigenvalue weighted by atomic mass is 10.0. The molecule has 0 amide bonds. The third kappa shape index (κ3) is 6.77. The molecule has 1 aromatic heterocycles. The standard InChI is InChI=1S/C30H35N5O2/c1-5-35(6-2)19-20-37-24-17-15-23(16-18-24)32-30-31-21-26(25-12-8-7-11-22(25)3)29(34-30)33-27-13-9-10-14-28(27)36-4/h7-18,21H,5-6,19-20H2,1-4H3,(H2,31,32,33,34). The molecule has 0 radical (unpaired) electrons. The van der Waals surface area contributed by atoms with Crippen LogP contribution < -0.4 is 20.1 Å². The molecule has 0 aliphatic carbocycles. The maximum Gasteiger partial charge on any atom is 0.229 e. The fraction of sp³-hybridized carbons (Fsp3) is 0.267. The van der Waals surface area contributed by atoms with Crippen LogP contribution in [0.25, 0.3) is 11.1 Å². The van der Waals surface area contributed by atoms with Crippen LogP contribution in [0.2, 0.25) is 0 Å². The molecule has 0 unspecified atom stereocenters. The molecule has 4 aromatic rings. The number of benzene rings is 3. The molecule has 3 aromatic carbocycles. The van der Waals surface area contributed by atoms with Crippen molar-refractivity contribution in [2.24, 2.45) is 0 Å². The van der Waals surface area contributed by atoms with Gasteiger partial charge in [-0.15, -0.1) is 0 Å². The van der Waals surface area contributed by atoms with Gasteiger partial charge in [0.15, 0.2) is 0 Å². The first kappa shape index (κ1) is 26.0. The molecule has 0 atom stereocenters. The van der Waals surface area contributed by atoms with Crippen molar-refractivity contribution in [2.45, 2.75) is 20.8 Å². The Kier molecular flexibility index (Phi) is 8.94. The highest BCUT2D eigenvalue weighted by molar-refractivity contribution is 5.81. The SMILES string of the molecule is CCN(CC)CCOc1ccc(Nc2ncc(-c3ccccc3C)c(Nc3ccccc3OC)n2)cc1. The lowest BCUT2D eigenvalue weighted by molar-refractivity contribution is 0.223. The molecule has 0 saturated carbocycles. The van der Waals surface area contributed by atoms with Gasteiger partial charge in [-0.1, -0.05) is 50.2 Å². The number of nitrogens with one attached hydrogen (secondary N) is 2. The minimum atomic E-state index is 0.491. The van der Waals surface area contributed by atoms with E-state index in [1.165, 1.54) is 0 Å². The van der Waals surface area contributed by atoms with E-state index in [1.807, 2.05) is 66.9 Å². The summed E-state index contributed by atoms with van der Waals surface area (Å²) in [4.78, 5) is 11.8. The van der Waals surface area contributed by atoms with E-state index in [0.717, 1.165) is 59.2 Å². The van der Waals surface area contributed by atoms with Gasteiger partial charge >= 0.3 is 0 Å². The quantitative estimate of drug-likeness (QED) is 0.226. The number of nitrogens with zero attached hydrogens (tertiary/aromatic N) is 3. The molecular formula is C30H35N5O2. The highest BCUT2D eigenvalue weighted by Gasteiger charge is 2.14. The number of ether oxygens (including phenoxy) is 2. The number of aromatic nitrogens is 2. The fourth-order valence-corrected chi connectivity index (χ4v) is 4.08. The normalized spacial score (nSPS) is 10.8. The van der Waals surface area contributed by atoms with Crippen LogP contribution in [0.1, 0.15) is 19.4 Å². The van der Waals surface area contributed by atoms with E-state index in [1.54, 1.807) is 7.11 Å². The molecule has 0 aliphatic heterocycles. The minimum Gasteiger partial charge on any atom is -0.495 e. The van der Waals surface area contributed by atoms with Crippen molar-refractivity contribution >= 4 is 23.1 Å². The molecule has 192 valence electrons. The topological polar surface area (TPSA) is 71.5 Å². The van der Waals surface area contributed by atoms with Gasteiger partial charge in [0.2, 0.25) is 5.95 Å². The Morgan fingerprint density at radius 1 is 0.838 bits per heavy atom. The van der Waals surface area contributed by atoms with Crippen LogP contribution in [0.15, 0.2) is 79.0 Å². The first-order valence-electron chi connectivity index (χ1n) is 12.7. The summed E-state index contributed by atoms with van der Waals surface area (Å²) in [6, 6.07) is 23.9. The molecule has 7 nitrogen and oxygen atoms in total. The second kappa shape index (κ2) is 12.7. The van der Waals surface area contributed by atoms with Crippen molar-refractivity contribution in [3.05, 3.63) is 84.6 Å². The van der Waals surface area contributed by atoms with Gasteiger partial charge in [-0.25, -0.2) is 4.98 Å². The average Bonchev–Trinajstić information content (AvgIpc) is 2.93. The van der Waals surface area contributed by atoms with E-state index >= 15 is 0 Å². The predicted molar refractivity (Wildman–Crippen MR) is 151 cm³/mol. The van der Waals surface area contributed by atoms with Gasteiger partial charge in [0.25, 0.3) is 0 Å². The molecule has 37 heavy (non-hydrogen) atoms. The minimum absolute atomic E-state index is 0.491. The second-order valence-corrected chi connectivity index (χ2v) is 8.62. The zero-order valence-electron chi connectivity index (χ0n) is 22.0. The van der Waals surface area contributed by atoms with Crippen LogP contribution in [0.4, 0.5) is 23.1 Å².